The van der Waals surface area contributed by atoms with Crippen molar-refractivity contribution in [2.45, 2.75) is 58.9 Å². The van der Waals surface area contributed by atoms with Crippen LogP contribution < -0.4 is 0 Å². The fourth-order valence-corrected chi connectivity index (χ4v) is 2.05. The molecule has 15 heavy (non-hydrogen) atoms. The highest BCUT2D eigenvalue weighted by atomic mass is 15.4. The second-order valence-corrected chi connectivity index (χ2v) is 6.22. The predicted molar refractivity (Wildman–Crippen MR) is 60.7 cm³/mol. The van der Waals surface area contributed by atoms with Gasteiger partial charge in [-0.1, -0.05) is 39.3 Å². The van der Waals surface area contributed by atoms with E-state index in [-0.39, 0.29) is 5.41 Å². The first-order chi connectivity index (χ1) is 6.89. The second kappa shape index (κ2) is 3.32. The average molecular weight is 207 g/mol. The summed E-state index contributed by atoms with van der Waals surface area (Å²) in [6, 6.07) is 0. The van der Waals surface area contributed by atoms with E-state index in [0.29, 0.717) is 5.41 Å². The van der Waals surface area contributed by atoms with Gasteiger partial charge in [0.2, 0.25) is 0 Å². The Morgan fingerprint density at radius 2 is 2.07 bits per heavy atom. The maximum absolute atomic E-state index is 4.24. The quantitative estimate of drug-likeness (QED) is 0.746. The van der Waals surface area contributed by atoms with Gasteiger partial charge in [0.05, 0.1) is 5.69 Å². The van der Waals surface area contributed by atoms with Crippen molar-refractivity contribution in [3.05, 3.63) is 11.9 Å². The molecule has 0 spiro atoms. The van der Waals surface area contributed by atoms with Crippen LogP contribution in [0.15, 0.2) is 6.20 Å². The lowest BCUT2D eigenvalue weighted by molar-refractivity contribution is 0.125. The van der Waals surface area contributed by atoms with Crippen LogP contribution in [0.5, 0.6) is 0 Å². The van der Waals surface area contributed by atoms with Crippen LogP contribution in [0.1, 0.15) is 52.7 Å². The highest BCUT2D eigenvalue weighted by Crippen LogP contribution is 2.41. The lowest BCUT2D eigenvalue weighted by Gasteiger charge is -2.37. The molecule has 0 aliphatic heterocycles. The topological polar surface area (TPSA) is 30.7 Å². The van der Waals surface area contributed by atoms with Gasteiger partial charge in [0.1, 0.15) is 0 Å². The number of rotatable bonds is 2. The predicted octanol–water partition coefficient (Wildman–Crippen LogP) is 2.77. The maximum Gasteiger partial charge on any atom is 0.0880 e. The van der Waals surface area contributed by atoms with Gasteiger partial charge in [-0.3, -0.25) is 4.68 Å². The lowest BCUT2D eigenvalue weighted by atomic mass is 9.70. The van der Waals surface area contributed by atoms with E-state index < -0.39 is 0 Å². The molecule has 0 bridgehead atoms. The molecule has 0 unspecified atom stereocenters. The smallest absolute Gasteiger partial charge is 0.0880 e. The second-order valence-electron chi connectivity index (χ2n) is 6.22. The van der Waals surface area contributed by atoms with Crippen molar-refractivity contribution in [3.8, 4) is 0 Å². The van der Waals surface area contributed by atoms with E-state index in [1.54, 1.807) is 0 Å². The van der Waals surface area contributed by atoms with Gasteiger partial charge in [-0.05, 0) is 18.3 Å². The van der Waals surface area contributed by atoms with Crippen LogP contribution in [0, 0.1) is 5.41 Å². The average Bonchev–Trinajstić information content (AvgIpc) is 2.49. The van der Waals surface area contributed by atoms with E-state index in [4.69, 9.17) is 0 Å². The summed E-state index contributed by atoms with van der Waals surface area (Å²) in [4.78, 5) is 0. The molecule has 84 valence electrons. The first-order valence-electron chi connectivity index (χ1n) is 5.80. The highest BCUT2D eigenvalue weighted by Gasteiger charge is 2.32. The maximum atomic E-state index is 4.24. The standard InChI is InChI=1S/C12H21N3/c1-11(2,3)10-8-15(14-13-10)9-12(4)6-5-7-12/h8H,5-7,9H2,1-4H3. The molecule has 0 amide bonds. The summed E-state index contributed by atoms with van der Waals surface area (Å²) in [5.74, 6) is 0. The molecule has 3 heteroatoms. The fourth-order valence-electron chi connectivity index (χ4n) is 2.05. The van der Waals surface area contributed by atoms with Gasteiger partial charge in [0.15, 0.2) is 0 Å². The number of hydrogen-bond acceptors (Lipinski definition) is 2. The van der Waals surface area contributed by atoms with Crippen LogP contribution in [-0.4, -0.2) is 15.0 Å². The summed E-state index contributed by atoms with van der Waals surface area (Å²) in [5, 5.41) is 8.46. The van der Waals surface area contributed by atoms with Crippen LogP contribution in [0.3, 0.4) is 0 Å². The Hall–Kier alpha value is -0.860. The monoisotopic (exact) mass is 207 g/mol. The van der Waals surface area contributed by atoms with Crippen LogP contribution >= 0.6 is 0 Å². The zero-order chi connectivity index (χ0) is 11.1. The summed E-state index contributed by atoms with van der Waals surface area (Å²) < 4.78 is 2.01. The highest BCUT2D eigenvalue weighted by molar-refractivity contribution is 5.06. The molecule has 0 aromatic carbocycles. The van der Waals surface area contributed by atoms with Gasteiger partial charge < -0.3 is 0 Å². The Bertz CT molecular complexity index is 342. The van der Waals surface area contributed by atoms with Crippen LogP contribution in [0.25, 0.3) is 0 Å². The van der Waals surface area contributed by atoms with E-state index in [1.165, 1.54) is 19.3 Å². The van der Waals surface area contributed by atoms with Gasteiger partial charge in [-0.15, -0.1) is 5.10 Å². The molecule has 1 saturated carbocycles. The molecular formula is C12H21N3. The van der Waals surface area contributed by atoms with Crippen LogP contribution in [-0.2, 0) is 12.0 Å². The Kier molecular flexibility index (Phi) is 2.36. The minimum atomic E-state index is 0.110. The van der Waals surface area contributed by atoms with Gasteiger partial charge in [0, 0.05) is 18.2 Å². The number of aromatic nitrogens is 3. The fraction of sp³-hybridized carbons (Fsp3) is 0.833. The molecule has 3 nitrogen and oxygen atoms in total. The molecule has 0 atom stereocenters. The van der Waals surface area contributed by atoms with Crippen molar-refractivity contribution >= 4 is 0 Å². The Balaban J connectivity index is 2.07. The molecule has 0 N–H and O–H groups in total. The van der Waals surface area contributed by atoms with Crippen molar-refractivity contribution in [2.75, 3.05) is 0 Å². The molecule has 1 aromatic heterocycles. The molecule has 0 saturated heterocycles. The zero-order valence-corrected chi connectivity index (χ0v) is 10.2. The lowest BCUT2D eigenvalue weighted by Crippen LogP contribution is -2.31. The van der Waals surface area contributed by atoms with Crippen molar-refractivity contribution in [2.24, 2.45) is 5.41 Å². The van der Waals surface area contributed by atoms with Crippen LogP contribution in [0.4, 0.5) is 0 Å². The first-order valence-corrected chi connectivity index (χ1v) is 5.80. The molecule has 2 rings (SSSR count). The molecule has 1 aliphatic carbocycles. The SMILES string of the molecule is CC1(Cn2cc(C(C)(C)C)nn2)CCC1. The summed E-state index contributed by atoms with van der Waals surface area (Å²) in [6.07, 6.45) is 6.14. The van der Waals surface area contributed by atoms with E-state index in [1.807, 2.05) is 4.68 Å². The minimum Gasteiger partial charge on any atom is -0.252 e. The molecule has 0 radical (unpaired) electrons. The van der Waals surface area contributed by atoms with E-state index in [0.717, 1.165) is 12.2 Å². The van der Waals surface area contributed by atoms with Crippen molar-refractivity contribution < 1.29 is 0 Å². The summed E-state index contributed by atoms with van der Waals surface area (Å²) >= 11 is 0. The molecule has 1 aliphatic rings. The van der Waals surface area contributed by atoms with E-state index in [9.17, 15) is 0 Å². The number of nitrogens with zero attached hydrogens (tertiary/aromatic N) is 3. The van der Waals surface area contributed by atoms with Gasteiger partial charge in [-0.2, -0.15) is 0 Å². The van der Waals surface area contributed by atoms with E-state index in [2.05, 4.69) is 44.2 Å². The van der Waals surface area contributed by atoms with Gasteiger partial charge in [-0.25, -0.2) is 0 Å². The van der Waals surface area contributed by atoms with Gasteiger partial charge >= 0.3 is 0 Å². The summed E-state index contributed by atoms with van der Waals surface area (Å²) in [5.41, 5.74) is 1.67. The third-order valence-corrected chi connectivity index (χ3v) is 3.41. The third-order valence-electron chi connectivity index (χ3n) is 3.41. The van der Waals surface area contributed by atoms with Crippen molar-refractivity contribution in [3.63, 3.8) is 0 Å². The largest absolute Gasteiger partial charge is 0.252 e. The first kappa shape index (κ1) is 10.7. The Morgan fingerprint density at radius 1 is 1.40 bits per heavy atom. The zero-order valence-electron chi connectivity index (χ0n) is 10.2. The molecule has 1 fully saturated rings. The Morgan fingerprint density at radius 3 is 2.47 bits per heavy atom. The van der Waals surface area contributed by atoms with E-state index >= 15 is 0 Å². The summed E-state index contributed by atoms with van der Waals surface area (Å²) in [6.45, 7) is 9.89. The van der Waals surface area contributed by atoms with Crippen LogP contribution in [0.2, 0.25) is 0 Å². The number of hydrogen-bond donors (Lipinski definition) is 0. The van der Waals surface area contributed by atoms with Gasteiger partial charge in [0.25, 0.3) is 0 Å². The summed E-state index contributed by atoms with van der Waals surface area (Å²) in [7, 11) is 0. The third kappa shape index (κ3) is 2.21. The molecule has 1 aromatic rings. The Labute approximate surface area is 91.9 Å². The molecular weight excluding hydrogens is 186 g/mol. The minimum absolute atomic E-state index is 0.110. The van der Waals surface area contributed by atoms with Crippen molar-refractivity contribution in [1.29, 1.82) is 0 Å². The van der Waals surface area contributed by atoms with Crippen molar-refractivity contribution in [1.82, 2.24) is 15.0 Å². The molecule has 1 heterocycles. The normalized spacial score (nSPS) is 20.0.